The number of hydrogen-bond donors (Lipinski definition) is 0. The standard InChI is InChI=1S/C17H22N2O2/c20-17-11-15-5-6-16(12-17)19(15)14-3-1-13(2-4-14)18-7-9-21-10-8-18/h1-4,15-16H,5-12H2. The molecule has 2 atom stereocenters. The van der Waals surface area contributed by atoms with E-state index >= 15 is 0 Å². The lowest BCUT2D eigenvalue weighted by Gasteiger charge is -2.36. The molecule has 0 aromatic heterocycles. The van der Waals surface area contributed by atoms with E-state index in [1.807, 2.05) is 0 Å². The highest BCUT2D eigenvalue weighted by atomic mass is 16.5. The number of Topliss-reactive ketones (excluding diaryl/α,β-unsaturated/α-hetero) is 1. The molecule has 1 aromatic carbocycles. The Labute approximate surface area is 125 Å². The maximum atomic E-state index is 11.7. The fraction of sp³-hybridized carbons (Fsp3) is 0.588. The number of morpholine rings is 1. The van der Waals surface area contributed by atoms with E-state index in [4.69, 9.17) is 4.74 Å². The Hall–Kier alpha value is -1.55. The van der Waals surface area contributed by atoms with Crippen LogP contribution in [-0.2, 0) is 9.53 Å². The molecule has 1 aromatic rings. The maximum Gasteiger partial charge on any atom is 0.137 e. The molecule has 2 unspecified atom stereocenters. The molecule has 0 N–H and O–H groups in total. The summed E-state index contributed by atoms with van der Waals surface area (Å²) in [6, 6.07) is 9.76. The zero-order valence-electron chi connectivity index (χ0n) is 12.3. The van der Waals surface area contributed by atoms with Gasteiger partial charge in [-0.2, -0.15) is 0 Å². The fourth-order valence-corrected chi connectivity index (χ4v) is 4.05. The van der Waals surface area contributed by atoms with Crippen LogP contribution in [0.1, 0.15) is 25.7 Å². The molecule has 0 spiro atoms. The molecule has 4 nitrogen and oxygen atoms in total. The van der Waals surface area contributed by atoms with E-state index in [0.717, 1.165) is 39.1 Å². The van der Waals surface area contributed by atoms with Crippen molar-refractivity contribution in [2.75, 3.05) is 36.1 Å². The monoisotopic (exact) mass is 286 g/mol. The number of ether oxygens (including phenoxy) is 1. The molecular weight excluding hydrogens is 264 g/mol. The van der Waals surface area contributed by atoms with Gasteiger partial charge >= 0.3 is 0 Å². The molecule has 0 radical (unpaired) electrons. The Bertz CT molecular complexity index is 506. The molecule has 3 saturated heterocycles. The summed E-state index contributed by atoms with van der Waals surface area (Å²) in [6.45, 7) is 3.59. The lowest BCUT2D eigenvalue weighted by atomic mass is 10.0. The number of nitrogens with zero attached hydrogens (tertiary/aromatic N) is 2. The maximum absolute atomic E-state index is 11.7. The molecule has 4 heteroatoms. The van der Waals surface area contributed by atoms with E-state index in [-0.39, 0.29) is 0 Å². The van der Waals surface area contributed by atoms with Gasteiger partial charge in [0, 0.05) is 49.4 Å². The van der Waals surface area contributed by atoms with Gasteiger partial charge in [-0.15, -0.1) is 0 Å². The number of anilines is 2. The highest BCUT2D eigenvalue weighted by molar-refractivity contribution is 5.83. The first kappa shape index (κ1) is 13.1. The smallest absolute Gasteiger partial charge is 0.137 e. The van der Waals surface area contributed by atoms with Gasteiger partial charge in [-0.1, -0.05) is 0 Å². The second-order valence-electron chi connectivity index (χ2n) is 6.36. The minimum Gasteiger partial charge on any atom is -0.378 e. The lowest BCUT2D eigenvalue weighted by molar-refractivity contribution is -0.120. The molecule has 3 aliphatic heterocycles. The Morgan fingerprint density at radius 2 is 1.48 bits per heavy atom. The molecule has 112 valence electrons. The first-order valence-electron chi connectivity index (χ1n) is 8.04. The number of carbonyl (C=O) groups is 1. The quantitative estimate of drug-likeness (QED) is 0.834. The lowest BCUT2D eigenvalue weighted by Crippen LogP contribution is -2.43. The van der Waals surface area contributed by atoms with Crippen LogP contribution < -0.4 is 9.80 Å². The van der Waals surface area contributed by atoms with Gasteiger partial charge in [0.15, 0.2) is 0 Å². The predicted molar refractivity (Wildman–Crippen MR) is 83.0 cm³/mol. The molecular formula is C17H22N2O2. The first-order chi connectivity index (χ1) is 10.3. The molecule has 3 heterocycles. The zero-order chi connectivity index (χ0) is 14.2. The summed E-state index contributed by atoms with van der Waals surface area (Å²) < 4.78 is 5.40. The van der Waals surface area contributed by atoms with E-state index in [2.05, 4.69) is 34.1 Å². The number of rotatable bonds is 2. The molecule has 0 amide bonds. The number of piperidine rings is 1. The van der Waals surface area contributed by atoms with Crippen LogP contribution in [0.2, 0.25) is 0 Å². The summed E-state index contributed by atoms with van der Waals surface area (Å²) in [4.78, 5) is 16.6. The summed E-state index contributed by atoms with van der Waals surface area (Å²) in [6.07, 6.45) is 3.81. The second-order valence-corrected chi connectivity index (χ2v) is 6.36. The molecule has 4 rings (SSSR count). The largest absolute Gasteiger partial charge is 0.378 e. The first-order valence-corrected chi connectivity index (χ1v) is 8.04. The van der Waals surface area contributed by atoms with Crippen molar-refractivity contribution in [1.82, 2.24) is 0 Å². The summed E-state index contributed by atoms with van der Waals surface area (Å²) >= 11 is 0. The third kappa shape index (κ3) is 2.42. The zero-order valence-corrected chi connectivity index (χ0v) is 12.3. The van der Waals surface area contributed by atoms with Crippen LogP contribution in [0.25, 0.3) is 0 Å². The summed E-state index contributed by atoms with van der Waals surface area (Å²) in [7, 11) is 0. The van der Waals surface area contributed by atoms with Crippen molar-refractivity contribution in [3.63, 3.8) is 0 Å². The number of ketones is 1. The Morgan fingerprint density at radius 3 is 2.10 bits per heavy atom. The Kier molecular flexibility index (Phi) is 3.34. The third-order valence-electron chi connectivity index (χ3n) is 5.07. The van der Waals surface area contributed by atoms with Crippen molar-refractivity contribution in [3.8, 4) is 0 Å². The summed E-state index contributed by atoms with van der Waals surface area (Å²) in [5.74, 6) is 0.448. The van der Waals surface area contributed by atoms with Gasteiger partial charge < -0.3 is 14.5 Å². The Morgan fingerprint density at radius 1 is 0.905 bits per heavy atom. The van der Waals surface area contributed by atoms with Crippen molar-refractivity contribution in [3.05, 3.63) is 24.3 Å². The van der Waals surface area contributed by atoms with Crippen LogP contribution in [0.3, 0.4) is 0 Å². The van der Waals surface area contributed by atoms with E-state index in [9.17, 15) is 4.79 Å². The molecule has 3 fully saturated rings. The minimum absolute atomic E-state index is 0.436. The van der Waals surface area contributed by atoms with Crippen LogP contribution in [-0.4, -0.2) is 44.2 Å². The number of fused-ring (bicyclic) bond motifs is 2. The van der Waals surface area contributed by atoms with Gasteiger partial charge in [-0.3, -0.25) is 4.79 Å². The van der Waals surface area contributed by atoms with Crippen LogP contribution in [0.5, 0.6) is 0 Å². The van der Waals surface area contributed by atoms with Crippen LogP contribution >= 0.6 is 0 Å². The number of hydrogen-bond acceptors (Lipinski definition) is 4. The Balaban J connectivity index is 1.52. The van der Waals surface area contributed by atoms with Crippen molar-refractivity contribution in [1.29, 1.82) is 0 Å². The average Bonchev–Trinajstić information content (AvgIpc) is 2.80. The topological polar surface area (TPSA) is 32.8 Å². The average molecular weight is 286 g/mol. The van der Waals surface area contributed by atoms with Crippen molar-refractivity contribution in [2.24, 2.45) is 0 Å². The van der Waals surface area contributed by atoms with Crippen LogP contribution in [0.4, 0.5) is 11.4 Å². The van der Waals surface area contributed by atoms with Crippen molar-refractivity contribution >= 4 is 17.2 Å². The van der Waals surface area contributed by atoms with Crippen LogP contribution in [0.15, 0.2) is 24.3 Å². The number of carbonyl (C=O) groups excluding carboxylic acids is 1. The number of benzene rings is 1. The predicted octanol–water partition coefficient (Wildman–Crippen LogP) is 2.22. The molecule has 0 aliphatic carbocycles. The van der Waals surface area contributed by atoms with Crippen molar-refractivity contribution in [2.45, 2.75) is 37.8 Å². The molecule has 2 bridgehead atoms. The second kappa shape index (κ2) is 5.34. The minimum atomic E-state index is 0.436. The van der Waals surface area contributed by atoms with Gasteiger partial charge in [0.25, 0.3) is 0 Å². The highest BCUT2D eigenvalue weighted by Crippen LogP contribution is 2.38. The van der Waals surface area contributed by atoms with Gasteiger partial charge in [0.05, 0.1) is 13.2 Å². The highest BCUT2D eigenvalue weighted by Gasteiger charge is 2.40. The molecule has 21 heavy (non-hydrogen) atoms. The summed E-state index contributed by atoms with van der Waals surface area (Å²) in [5.41, 5.74) is 2.56. The van der Waals surface area contributed by atoms with E-state index < -0.39 is 0 Å². The van der Waals surface area contributed by atoms with Gasteiger partial charge in [-0.25, -0.2) is 0 Å². The van der Waals surface area contributed by atoms with Crippen molar-refractivity contribution < 1.29 is 9.53 Å². The SMILES string of the molecule is O=C1CC2CCC(C1)N2c1ccc(N2CCOCC2)cc1. The third-order valence-corrected chi connectivity index (χ3v) is 5.07. The van der Waals surface area contributed by atoms with E-state index in [1.165, 1.54) is 24.2 Å². The van der Waals surface area contributed by atoms with E-state index in [0.29, 0.717) is 17.9 Å². The van der Waals surface area contributed by atoms with Crippen LogP contribution in [0, 0.1) is 0 Å². The normalized spacial score (nSPS) is 29.0. The molecule has 3 aliphatic rings. The fourth-order valence-electron chi connectivity index (χ4n) is 4.05. The molecule has 0 saturated carbocycles. The van der Waals surface area contributed by atoms with Gasteiger partial charge in [0.1, 0.15) is 5.78 Å². The van der Waals surface area contributed by atoms with Gasteiger partial charge in [-0.05, 0) is 37.1 Å². The van der Waals surface area contributed by atoms with E-state index in [1.54, 1.807) is 0 Å². The summed E-state index contributed by atoms with van der Waals surface area (Å²) in [5, 5.41) is 0. The van der Waals surface area contributed by atoms with Gasteiger partial charge in [0.2, 0.25) is 0 Å².